The van der Waals surface area contributed by atoms with E-state index >= 15 is 0 Å². The molecule has 1 aliphatic rings. The molecule has 0 radical (unpaired) electrons. The molecular weight excluding hydrogens is 224 g/mol. The number of halogens is 1. The molecule has 0 fully saturated rings. The van der Waals surface area contributed by atoms with Crippen LogP contribution in [0.5, 0.6) is 0 Å². The third kappa shape index (κ3) is 1.53. The first-order chi connectivity index (χ1) is 7.83. The molecule has 0 aromatic carbocycles. The third-order valence-electron chi connectivity index (χ3n) is 2.26. The molecule has 0 aliphatic heterocycles. The largest absolute Gasteiger partial charge is 0.338 e. The lowest BCUT2D eigenvalue weighted by molar-refractivity contribution is 1.18. The van der Waals surface area contributed by atoms with E-state index in [1.165, 1.54) is 6.33 Å². The van der Waals surface area contributed by atoms with Gasteiger partial charge in [-0.15, -0.1) is 0 Å². The summed E-state index contributed by atoms with van der Waals surface area (Å²) in [5.74, 6) is 0.670. The fraction of sp³-hybridized carbons (Fsp3) is 0. The predicted octanol–water partition coefficient (Wildman–Crippen LogP) is 2.54. The van der Waals surface area contributed by atoms with Crippen LogP contribution < -0.4 is 5.32 Å². The molecule has 0 amide bonds. The predicted molar refractivity (Wildman–Crippen MR) is 63.2 cm³/mol. The van der Waals surface area contributed by atoms with Gasteiger partial charge in [-0.05, 0) is 24.3 Å². The summed E-state index contributed by atoms with van der Waals surface area (Å²) < 4.78 is 0. The van der Waals surface area contributed by atoms with E-state index < -0.39 is 0 Å². The van der Waals surface area contributed by atoms with Gasteiger partial charge >= 0.3 is 0 Å². The van der Waals surface area contributed by atoms with Crippen molar-refractivity contribution in [1.82, 2.24) is 15.0 Å². The lowest BCUT2D eigenvalue weighted by atomic mass is 10.2. The minimum Gasteiger partial charge on any atom is -0.338 e. The van der Waals surface area contributed by atoms with Gasteiger partial charge in [0, 0.05) is 5.70 Å². The van der Waals surface area contributed by atoms with E-state index in [4.69, 9.17) is 11.6 Å². The second kappa shape index (κ2) is 3.57. The number of fused-ring (bicyclic) bond motifs is 1. The summed E-state index contributed by atoms with van der Waals surface area (Å²) in [7, 11) is 0. The molecule has 4 nitrogen and oxygen atoms in total. The Morgan fingerprint density at radius 2 is 2.06 bits per heavy atom. The maximum atomic E-state index is 5.85. The highest BCUT2D eigenvalue weighted by Crippen LogP contribution is 2.21. The molecule has 78 valence electrons. The van der Waals surface area contributed by atoms with Crippen LogP contribution in [0.4, 0.5) is 5.82 Å². The fourth-order valence-corrected chi connectivity index (χ4v) is 1.57. The van der Waals surface area contributed by atoms with Crippen molar-refractivity contribution in [3.8, 4) is 0 Å². The number of nitrogens with one attached hydrogen (secondary N) is 1. The lowest BCUT2D eigenvalue weighted by Crippen LogP contribution is -2.04. The molecule has 0 unspecified atom stereocenters. The van der Waals surface area contributed by atoms with Crippen molar-refractivity contribution in [1.29, 1.82) is 0 Å². The zero-order valence-corrected chi connectivity index (χ0v) is 8.94. The molecular formula is C11H7ClN4. The van der Waals surface area contributed by atoms with Gasteiger partial charge < -0.3 is 5.32 Å². The van der Waals surface area contributed by atoms with Crippen molar-refractivity contribution < 1.29 is 0 Å². The number of hydrogen-bond acceptors (Lipinski definition) is 4. The van der Waals surface area contributed by atoms with Crippen molar-refractivity contribution in [2.45, 2.75) is 0 Å². The van der Waals surface area contributed by atoms with Crippen LogP contribution in [0.3, 0.4) is 0 Å². The Bertz CT molecular complexity index is 618. The Hall–Kier alpha value is -1.94. The Kier molecular flexibility index (Phi) is 2.08. The van der Waals surface area contributed by atoms with Crippen LogP contribution in [-0.2, 0) is 0 Å². The average molecular weight is 231 g/mol. The second-order valence-electron chi connectivity index (χ2n) is 3.33. The first-order valence-corrected chi connectivity index (χ1v) is 5.13. The number of hydrogen-bond donors (Lipinski definition) is 1. The Morgan fingerprint density at radius 3 is 2.81 bits per heavy atom. The lowest BCUT2D eigenvalue weighted by Gasteiger charge is -2.11. The van der Waals surface area contributed by atoms with Gasteiger partial charge in [-0.2, -0.15) is 0 Å². The fourth-order valence-electron chi connectivity index (χ4n) is 1.42. The maximum Gasteiger partial charge on any atom is 0.160 e. The van der Waals surface area contributed by atoms with E-state index in [2.05, 4.69) is 20.3 Å². The van der Waals surface area contributed by atoms with E-state index in [-0.39, 0.29) is 0 Å². The van der Waals surface area contributed by atoms with Crippen LogP contribution in [-0.4, -0.2) is 15.0 Å². The summed E-state index contributed by atoms with van der Waals surface area (Å²) >= 11 is 5.85. The number of rotatable bonds is 2. The molecule has 0 atom stereocenters. The number of nitrogens with zero attached hydrogens (tertiary/aromatic N) is 3. The summed E-state index contributed by atoms with van der Waals surface area (Å²) in [5.41, 5.74) is 2.45. The number of pyridine rings is 1. The van der Waals surface area contributed by atoms with Crippen molar-refractivity contribution in [2.24, 2.45) is 0 Å². The zero-order valence-electron chi connectivity index (χ0n) is 8.18. The van der Waals surface area contributed by atoms with Gasteiger partial charge in [0.1, 0.15) is 17.0 Å². The molecule has 0 spiro atoms. The second-order valence-corrected chi connectivity index (χ2v) is 3.72. The number of aromatic nitrogens is 3. The first kappa shape index (κ1) is 9.30. The van der Waals surface area contributed by atoms with Gasteiger partial charge in [0.2, 0.25) is 0 Å². The molecule has 5 heteroatoms. The van der Waals surface area contributed by atoms with Crippen LogP contribution in [0.15, 0.2) is 42.4 Å². The van der Waals surface area contributed by atoms with Gasteiger partial charge in [-0.3, -0.25) is 0 Å². The van der Waals surface area contributed by atoms with Gasteiger partial charge in [-0.25, -0.2) is 15.0 Å². The molecule has 16 heavy (non-hydrogen) atoms. The summed E-state index contributed by atoms with van der Waals surface area (Å²) in [4.78, 5) is 12.5. The monoisotopic (exact) mass is 230 g/mol. The Labute approximate surface area is 96.7 Å². The average Bonchev–Trinajstić information content (AvgIpc) is 2.23. The molecule has 3 rings (SSSR count). The van der Waals surface area contributed by atoms with Gasteiger partial charge in [-0.1, -0.05) is 17.7 Å². The van der Waals surface area contributed by atoms with Crippen molar-refractivity contribution in [2.75, 3.05) is 5.32 Å². The molecule has 1 N–H and O–H groups in total. The summed E-state index contributed by atoms with van der Waals surface area (Å²) in [6.07, 6.45) is 7.37. The molecule has 0 saturated heterocycles. The highest BCUT2D eigenvalue weighted by atomic mass is 35.5. The molecule has 2 aromatic rings. The van der Waals surface area contributed by atoms with E-state index in [1.807, 2.05) is 24.3 Å². The van der Waals surface area contributed by atoms with Crippen LogP contribution in [0.2, 0.25) is 5.15 Å². The van der Waals surface area contributed by atoms with Gasteiger partial charge in [0.15, 0.2) is 5.82 Å². The van der Waals surface area contributed by atoms with E-state index in [0.29, 0.717) is 16.5 Å². The standard InChI is InChI=1S/C11H7ClN4/c12-9-5-4-8-10(16-9)11(14-6-13-8)15-7-2-1-3-7/h1-6H,(H,13,14,15). The molecule has 0 bridgehead atoms. The first-order valence-electron chi connectivity index (χ1n) is 4.75. The van der Waals surface area contributed by atoms with E-state index in [0.717, 1.165) is 11.2 Å². The minimum absolute atomic E-state index is 0.434. The van der Waals surface area contributed by atoms with Gasteiger partial charge in [0.25, 0.3) is 0 Å². The zero-order chi connectivity index (χ0) is 11.0. The topological polar surface area (TPSA) is 50.7 Å². The maximum absolute atomic E-state index is 5.85. The smallest absolute Gasteiger partial charge is 0.160 e. The number of anilines is 1. The van der Waals surface area contributed by atoms with Crippen molar-refractivity contribution >= 4 is 28.5 Å². The molecule has 0 saturated carbocycles. The van der Waals surface area contributed by atoms with Crippen LogP contribution in [0.1, 0.15) is 0 Å². The minimum atomic E-state index is 0.434. The molecule has 2 heterocycles. The quantitative estimate of drug-likeness (QED) is 0.806. The Morgan fingerprint density at radius 1 is 1.19 bits per heavy atom. The SMILES string of the molecule is Clc1ccc2ncnc(NC3=CC=C3)c2n1. The normalized spacial score (nSPS) is 13.4. The van der Waals surface area contributed by atoms with Crippen LogP contribution >= 0.6 is 11.6 Å². The number of allylic oxidation sites excluding steroid dienone is 3. The third-order valence-corrected chi connectivity index (χ3v) is 2.47. The summed E-state index contributed by atoms with van der Waals surface area (Å²) in [5, 5.41) is 3.58. The van der Waals surface area contributed by atoms with Crippen molar-refractivity contribution in [3.05, 3.63) is 47.5 Å². The van der Waals surface area contributed by atoms with E-state index in [9.17, 15) is 0 Å². The summed E-state index contributed by atoms with van der Waals surface area (Å²) in [6, 6.07) is 3.53. The molecule has 2 aromatic heterocycles. The highest BCUT2D eigenvalue weighted by Gasteiger charge is 2.07. The van der Waals surface area contributed by atoms with Gasteiger partial charge in [0.05, 0.1) is 5.52 Å². The Balaban J connectivity index is 2.11. The highest BCUT2D eigenvalue weighted by molar-refractivity contribution is 6.29. The van der Waals surface area contributed by atoms with Crippen molar-refractivity contribution in [3.63, 3.8) is 0 Å². The molecule has 1 aliphatic carbocycles. The summed E-state index contributed by atoms with van der Waals surface area (Å²) in [6.45, 7) is 0. The van der Waals surface area contributed by atoms with Crippen LogP contribution in [0, 0.1) is 0 Å². The van der Waals surface area contributed by atoms with Crippen LogP contribution in [0.25, 0.3) is 11.0 Å². The van der Waals surface area contributed by atoms with E-state index in [1.54, 1.807) is 6.07 Å².